The second-order valence-corrected chi connectivity index (χ2v) is 6.72. The predicted molar refractivity (Wildman–Crippen MR) is 87.5 cm³/mol. The summed E-state index contributed by atoms with van der Waals surface area (Å²) in [5.41, 5.74) is 1.15. The van der Waals surface area contributed by atoms with Gasteiger partial charge in [0.25, 0.3) is 5.69 Å². The molecule has 1 heterocycles. The lowest BCUT2D eigenvalue weighted by Gasteiger charge is -2.05. The summed E-state index contributed by atoms with van der Waals surface area (Å²) in [6.07, 6.45) is 3.09. The van der Waals surface area contributed by atoms with E-state index in [-0.39, 0.29) is 11.6 Å². The Hall–Kier alpha value is -1.99. The Balaban J connectivity index is 2.10. The summed E-state index contributed by atoms with van der Waals surface area (Å²) in [5.74, 6) is -0.330. The van der Waals surface area contributed by atoms with E-state index in [1.807, 2.05) is 12.1 Å². The fourth-order valence-corrected chi connectivity index (χ4v) is 2.93. The van der Waals surface area contributed by atoms with Gasteiger partial charge in [-0.15, -0.1) is 11.3 Å². The van der Waals surface area contributed by atoms with Crippen LogP contribution >= 0.6 is 27.3 Å². The molecule has 108 valence electrons. The minimum absolute atomic E-state index is 0.0536. The fourth-order valence-electron chi connectivity index (χ4n) is 1.61. The summed E-state index contributed by atoms with van der Waals surface area (Å²) in [5, 5.41) is 13.4. The summed E-state index contributed by atoms with van der Waals surface area (Å²) in [7, 11) is 0. The van der Waals surface area contributed by atoms with E-state index in [0.29, 0.717) is 5.69 Å². The molecule has 2 aromatic rings. The van der Waals surface area contributed by atoms with Gasteiger partial charge in [-0.25, -0.2) is 0 Å². The van der Waals surface area contributed by atoms with E-state index in [9.17, 15) is 14.9 Å². The highest BCUT2D eigenvalue weighted by Crippen LogP contribution is 2.24. The molecule has 0 aliphatic carbocycles. The average molecular weight is 367 g/mol. The maximum absolute atomic E-state index is 11.9. The quantitative estimate of drug-likeness (QED) is 0.495. The van der Waals surface area contributed by atoms with Crippen molar-refractivity contribution in [3.05, 3.63) is 60.7 Å². The van der Waals surface area contributed by atoms with Crippen molar-refractivity contribution in [3.63, 3.8) is 0 Å². The van der Waals surface area contributed by atoms with Crippen molar-refractivity contribution in [3.8, 4) is 0 Å². The first-order chi connectivity index (χ1) is 9.95. The molecule has 1 aromatic carbocycles. The van der Waals surface area contributed by atoms with Crippen LogP contribution in [-0.4, -0.2) is 10.8 Å². The summed E-state index contributed by atoms with van der Waals surface area (Å²) < 4.78 is 0.983. The Morgan fingerprint density at radius 3 is 2.76 bits per heavy atom. The van der Waals surface area contributed by atoms with Gasteiger partial charge >= 0.3 is 0 Å². The van der Waals surface area contributed by atoms with Crippen LogP contribution in [0.1, 0.15) is 10.4 Å². The molecule has 0 bridgehead atoms. The van der Waals surface area contributed by atoms with Crippen molar-refractivity contribution in [1.82, 2.24) is 0 Å². The van der Waals surface area contributed by atoms with E-state index in [2.05, 4.69) is 21.2 Å². The van der Waals surface area contributed by atoms with Crippen LogP contribution in [0, 0.1) is 17.0 Å². The highest BCUT2D eigenvalue weighted by Gasteiger charge is 2.09. The highest BCUT2D eigenvalue weighted by molar-refractivity contribution is 9.11. The normalized spacial score (nSPS) is 10.8. The van der Waals surface area contributed by atoms with Gasteiger partial charge in [0.15, 0.2) is 0 Å². The first-order valence-corrected chi connectivity index (χ1v) is 7.56. The number of nitro benzene ring substituents is 1. The van der Waals surface area contributed by atoms with Crippen LogP contribution < -0.4 is 5.32 Å². The molecule has 1 amide bonds. The third-order valence-corrected chi connectivity index (χ3v) is 4.27. The maximum Gasteiger partial charge on any atom is 0.271 e. The van der Waals surface area contributed by atoms with Gasteiger partial charge in [-0.1, -0.05) is 6.07 Å². The number of benzene rings is 1. The first-order valence-electron chi connectivity index (χ1n) is 5.95. The number of hydrogen-bond donors (Lipinski definition) is 1. The number of nitrogens with one attached hydrogen (secondary N) is 1. The minimum atomic E-state index is -0.492. The monoisotopic (exact) mass is 366 g/mol. The van der Waals surface area contributed by atoms with E-state index < -0.39 is 4.92 Å². The first kappa shape index (κ1) is 15.4. The number of rotatable bonds is 4. The Kier molecular flexibility index (Phi) is 4.87. The standard InChI is InChI=1S/C14H11BrN2O3S/c1-9-2-3-10(17(19)20)8-12(9)16-14(18)7-5-11-4-6-13(15)21-11/h2-8H,1H3,(H,16,18). The van der Waals surface area contributed by atoms with Crippen LogP contribution in [0.4, 0.5) is 11.4 Å². The number of hydrogen-bond acceptors (Lipinski definition) is 4. The molecule has 0 fully saturated rings. The minimum Gasteiger partial charge on any atom is -0.322 e. The van der Waals surface area contributed by atoms with Crippen molar-refractivity contribution in [2.75, 3.05) is 5.32 Å². The highest BCUT2D eigenvalue weighted by atomic mass is 79.9. The number of anilines is 1. The smallest absolute Gasteiger partial charge is 0.271 e. The van der Waals surface area contributed by atoms with Gasteiger partial charge < -0.3 is 5.32 Å². The van der Waals surface area contributed by atoms with Gasteiger partial charge in [-0.2, -0.15) is 0 Å². The summed E-state index contributed by atoms with van der Waals surface area (Å²) in [6, 6.07) is 8.14. The summed E-state index contributed by atoms with van der Waals surface area (Å²) >= 11 is 4.85. The molecule has 0 atom stereocenters. The van der Waals surface area contributed by atoms with Crippen LogP contribution in [0.5, 0.6) is 0 Å². The number of thiophene rings is 1. The van der Waals surface area contributed by atoms with E-state index in [1.165, 1.54) is 29.5 Å². The molecule has 1 N–H and O–H groups in total. The zero-order valence-corrected chi connectivity index (χ0v) is 13.4. The zero-order valence-electron chi connectivity index (χ0n) is 11.0. The zero-order chi connectivity index (χ0) is 15.4. The number of nitro groups is 1. The van der Waals surface area contributed by atoms with Crippen LogP contribution in [0.2, 0.25) is 0 Å². The molecule has 1 aromatic heterocycles. The molecule has 7 heteroatoms. The molecule has 0 aliphatic rings. The van der Waals surface area contributed by atoms with Gasteiger partial charge in [-0.3, -0.25) is 14.9 Å². The van der Waals surface area contributed by atoms with Crippen molar-refractivity contribution in [2.24, 2.45) is 0 Å². The second kappa shape index (κ2) is 6.64. The van der Waals surface area contributed by atoms with Crippen LogP contribution in [0.25, 0.3) is 6.08 Å². The van der Waals surface area contributed by atoms with Crippen LogP contribution in [0.3, 0.4) is 0 Å². The van der Waals surface area contributed by atoms with Gasteiger partial charge in [0.1, 0.15) is 0 Å². The Morgan fingerprint density at radius 1 is 1.38 bits per heavy atom. The topological polar surface area (TPSA) is 72.2 Å². The molecule has 0 saturated carbocycles. The van der Waals surface area contributed by atoms with E-state index in [0.717, 1.165) is 14.2 Å². The molecule has 0 aliphatic heterocycles. The molecule has 0 unspecified atom stereocenters. The van der Waals surface area contributed by atoms with Gasteiger partial charge in [0.2, 0.25) is 5.91 Å². The van der Waals surface area contributed by atoms with Crippen molar-refractivity contribution < 1.29 is 9.72 Å². The van der Waals surface area contributed by atoms with E-state index >= 15 is 0 Å². The third-order valence-electron chi connectivity index (χ3n) is 2.68. The SMILES string of the molecule is Cc1ccc([N+](=O)[O-])cc1NC(=O)C=Cc1ccc(Br)s1. The molecule has 0 spiro atoms. The van der Waals surface area contributed by atoms with Gasteiger partial charge in [0, 0.05) is 23.1 Å². The van der Waals surface area contributed by atoms with E-state index in [1.54, 1.807) is 19.1 Å². The predicted octanol–water partition coefficient (Wildman–Crippen LogP) is 4.38. The van der Waals surface area contributed by atoms with E-state index in [4.69, 9.17) is 0 Å². The Labute approximate surface area is 133 Å². The summed E-state index contributed by atoms with van der Waals surface area (Å²) in [4.78, 5) is 23.0. The third kappa shape index (κ3) is 4.24. The number of amides is 1. The number of halogens is 1. The average Bonchev–Trinajstić information content (AvgIpc) is 2.84. The number of carbonyl (C=O) groups excluding carboxylic acids is 1. The Morgan fingerprint density at radius 2 is 2.14 bits per heavy atom. The summed E-state index contributed by atoms with van der Waals surface area (Å²) in [6.45, 7) is 1.78. The number of aryl methyl sites for hydroxylation is 1. The number of non-ortho nitro benzene ring substituents is 1. The molecular formula is C14H11BrN2O3S. The molecule has 21 heavy (non-hydrogen) atoms. The lowest BCUT2D eigenvalue weighted by Crippen LogP contribution is -2.09. The lowest BCUT2D eigenvalue weighted by atomic mass is 10.2. The van der Waals surface area contributed by atoms with Crippen molar-refractivity contribution in [1.29, 1.82) is 0 Å². The molecule has 2 rings (SSSR count). The van der Waals surface area contributed by atoms with Gasteiger partial charge in [-0.05, 0) is 46.6 Å². The van der Waals surface area contributed by atoms with Crippen LogP contribution in [0.15, 0.2) is 40.2 Å². The molecule has 0 saturated heterocycles. The number of nitrogens with zero attached hydrogens (tertiary/aromatic N) is 1. The largest absolute Gasteiger partial charge is 0.322 e. The fraction of sp³-hybridized carbons (Fsp3) is 0.0714. The van der Waals surface area contributed by atoms with Crippen molar-refractivity contribution >= 4 is 50.6 Å². The maximum atomic E-state index is 11.9. The van der Waals surface area contributed by atoms with Crippen molar-refractivity contribution in [2.45, 2.75) is 6.92 Å². The molecule has 0 radical (unpaired) electrons. The van der Waals surface area contributed by atoms with Crippen LogP contribution in [-0.2, 0) is 4.79 Å². The van der Waals surface area contributed by atoms with Gasteiger partial charge in [0.05, 0.1) is 14.4 Å². The molecular weight excluding hydrogens is 356 g/mol. The second-order valence-electron chi connectivity index (χ2n) is 4.22. The number of carbonyl (C=O) groups is 1. The Bertz CT molecular complexity index is 725. The lowest BCUT2D eigenvalue weighted by molar-refractivity contribution is -0.384. The molecule has 5 nitrogen and oxygen atoms in total.